The lowest BCUT2D eigenvalue weighted by atomic mass is 10.1. The summed E-state index contributed by atoms with van der Waals surface area (Å²) in [7, 11) is 0. The lowest BCUT2D eigenvalue weighted by molar-refractivity contribution is 0.470. The van der Waals surface area contributed by atoms with E-state index in [4.69, 9.17) is 5.26 Å². The van der Waals surface area contributed by atoms with Gasteiger partial charge in [-0.15, -0.1) is 10.2 Å². The minimum Gasteiger partial charge on any atom is -0.198 e. The van der Waals surface area contributed by atoms with Crippen LogP contribution in [-0.4, -0.2) is 20.2 Å². The van der Waals surface area contributed by atoms with Crippen molar-refractivity contribution < 1.29 is 0 Å². The summed E-state index contributed by atoms with van der Waals surface area (Å²) in [5.41, 5.74) is 0. The molecule has 1 heterocycles. The number of hydrogen-bond acceptors (Lipinski definition) is 4. The third-order valence-electron chi connectivity index (χ3n) is 3.44. The van der Waals surface area contributed by atoms with Crippen LogP contribution in [0.1, 0.15) is 77.0 Å². The van der Waals surface area contributed by atoms with Gasteiger partial charge >= 0.3 is 0 Å². The fourth-order valence-electron chi connectivity index (χ4n) is 2.25. The first-order valence-corrected chi connectivity index (χ1v) is 8.00. The molecular formula is C15H27N5. The van der Waals surface area contributed by atoms with E-state index in [1.165, 1.54) is 57.8 Å². The van der Waals surface area contributed by atoms with E-state index in [0.717, 1.165) is 13.0 Å². The Morgan fingerprint density at radius 2 is 1.55 bits per heavy atom. The molecule has 0 aliphatic rings. The largest absolute Gasteiger partial charge is 0.198 e. The summed E-state index contributed by atoms with van der Waals surface area (Å²) >= 11 is 0. The molecule has 20 heavy (non-hydrogen) atoms. The van der Waals surface area contributed by atoms with Gasteiger partial charge in [0.05, 0.1) is 19.0 Å². The molecule has 0 amide bonds. The topological polar surface area (TPSA) is 67.4 Å². The van der Waals surface area contributed by atoms with Crippen LogP contribution < -0.4 is 0 Å². The van der Waals surface area contributed by atoms with Crippen LogP contribution in [0.5, 0.6) is 0 Å². The Hall–Kier alpha value is -1.44. The molecule has 1 rings (SSSR count). The molecule has 0 unspecified atom stereocenters. The van der Waals surface area contributed by atoms with Gasteiger partial charge in [-0.1, -0.05) is 64.7 Å². The van der Waals surface area contributed by atoms with Crippen LogP contribution in [0.2, 0.25) is 0 Å². The number of aryl methyl sites for hydroxylation is 1. The lowest BCUT2D eigenvalue weighted by Crippen LogP contribution is -2.02. The molecule has 1 aromatic heterocycles. The first-order valence-electron chi connectivity index (χ1n) is 8.00. The van der Waals surface area contributed by atoms with Gasteiger partial charge < -0.3 is 0 Å². The molecule has 0 fully saturated rings. The van der Waals surface area contributed by atoms with Crippen molar-refractivity contribution in [3.63, 3.8) is 0 Å². The Balaban J connectivity index is 1.90. The Morgan fingerprint density at radius 3 is 2.15 bits per heavy atom. The SMILES string of the molecule is CCCCCCCCCCCCn1nnc(CC#N)n1. The minimum absolute atomic E-state index is 0.248. The van der Waals surface area contributed by atoms with E-state index >= 15 is 0 Å². The van der Waals surface area contributed by atoms with Gasteiger partial charge in [-0.05, 0) is 11.6 Å². The Morgan fingerprint density at radius 1 is 0.950 bits per heavy atom. The highest BCUT2D eigenvalue weighted by Crippen LogP contribution is 2.10. The van der Waals surface area contributed by atoms with Crippen LogP contribution in [0.4, 0.5) is 0 Å². The number of hydrogen-bond donors (Lipinski definition) is 0. The van der Waals surface area contributed by atoms with Gasteiger partial charge in [0.1, 0.15) is 0 Å². The summed E-state index contributed by atoms with van der Waals surface area (Å²) in [5.74, 6) is 0.527. The van der Waals surface area contributed by atoms with Crippen LogP contribution in [0.25, 0.3) is 0 Å². The quantitative estimate of drug-likeness (QED) is 0.547. The summed E-state index contributed by atoms with van der Waals surface area (Å²) < 4.78 is 0. The van der Waals surface area contributed by atoms with E-state index in [0.29, 0.717) is 5.82 Å². The molecule has 0 aliphatic heterocycles. The van der Waals surface area contributed by atoms with Gasteiger partial charge in [-0.2, -0.15) is 10.1 Å². The molecule has 0 aliphatic carbocycles. The van der Waals surface area contributed by atoms with Gasteiger partial charge in [-0.25, -0.2) is 0 Å². The van der Waals surface area contributed by atoms with Crippen molar-refractivity contribution in [2.75, 3.05) is 0 Å². The second-order valence-corrected chi connectivity index (χ2v) is 5.32. The van der Waals surface area contributed by atoms with Crippen LogP contribution in [-0.2, 0) is 13.0 Å². The monoisotopic (exact) mass is 277 g/mol. The predicted octanol–water partition coefficient (Wildman–Crippen LogP) is 3.66. The molecule has 0 radical (unpaired) electrons. The summed E-state index contributed by atoms with van der Waals surface area (Å²) in [6.07, 6.45) is 13.5. The first-order chi connectivity index (χ1) is 9.86. The molecule has 0 bridgehead atoms. The minimum atomic E-state index is 0.248. The van der Waals surface area contributed by atoms with Gasteiger partial charge in [0.2, 0.25) is 0 Å². The highest BCUT2D eigenvalue weighted by atomic mass is 15.6. The van der Waals surface area contributed by atoms with Gasteiger partial charge in [0, 0.05) is 0 Å². The fraction of sp³-hybridized carbons (Fsp3) is 0.867. The number of tetrazole rings is 1. The normalized spacial score (nSPS) is 10.6. The van der Waals surface area contributed by atoms with Gasteiger partial charge in [-0.3, -0.25) is 0 Å². The van der Waals surface area contributed by atoms with E-state index in [1.54, 1.807) is 4.80 Å². The van der Waals surface area contributed by atoms with E-state index in [9.17, 15) is 0 Å². The molecule has 0 atom stereocenters. The molecule has 0 N–H and O–H groups in total. The highest BCUT2D eigenvalue weighted by Gasteiger charge is 2.01. The molecule has 1 aromatic rings. The molecule has 0 aromatic carbocycles. The number of nitrogens with zero attached hydrogens (tertiary/aromatic N) is 5. The molecule has 5 nitrogen and oxygen atoms in total. The van der Waals surface area contributed by atoms with Crippen LogP contribution in [0, 0.1) is 11.3 Å². The average Bonchev–Trinajstić information content (AvgIpc) is 2.89. The third-order valence-corrected chi connectivity index (χ3v) is 3.44. The zero-order valence-electron chi connectivity index (χ0n) is 12.7. The van der Waals surface area contributed by atoms with Crippen molar-refractivity contribution in [3.05, 3.63) is 5.82 Å². The maximum atomic E-state index is 8.53. The Kier molecular flexibility index (Phi) is 9.46. The molecule has 0 spiro atoms. The first kappa shape index (κ1) is 16.6. The smallest absolute Gasteiger partial charge is 0.188 e. The van der Waals surface area contributed by atoms with Crippen LogP contribution >= 0.6 is 0 Å². The number of rotatable bonds is 12. The van der Waals surface area contributed by atoms with Crippen molar-refractivity contribution in [2.24, 2.45) is 0 Å². The third kappa shape index (κ3) is 7.88. The van der Waals surface area contributed by atoms with Crippen molar-refractivity contribution >= 4 is 0 Å². The van der Waals surface area contributed by atoms with E-state index in [1.807, 2.05) is 6.07 Å². The summed E-state index contributed by atoms with van der Waals surface area (Å²) in [5, 5.41) is 20.4. The summed E-state index contributed by atoms with van der Waals surface area (Å²) in [4.78, 5) is 1.61. The summed E-state index contributed by atoms with van der Waals surface area (Å²) in [6.45, 7) is 3.07. The van der Waals surface area contributed by atoms with Gasteiger partial charge in [0.25, 0.3) is 0 Å². The standard InChI is InChI=1S/C15H27N5/c1-2-3-4-5-6-7-8-9-10-11-14-20-18-15(12-13-16)17-19-20/h2-12,14H2,1H3. The average molecular weight is 277 g/mol. The van der Waals surface area contributed by atoms with Crippen LogP contribution in [0.3, 0.4) is 0 Å². The van der Waals surface area contributed by atoms with Crippen molar-refractivity contribution in [1.29, 1.82) is 5.26 Å². The van der Waals surface area contributed by atoms with E-state index in [2.05, 4.69) is 22.3 Å². The molecule has 5 heteroatoms. The Labute approximate surface area is 122 Å². The van der Waals surface area contributed by atoms with Crippen molar-refractivity contribution in [1.82, 2.24) is 20.2 Å². The van der Waals surface area contributed by atoms with Crippen molar-refractivity contribution in [2.45, 2.75) is 84.1 Å². The second kappa shape index (κ2) is 11.4. The maximum absolute atomic E-state index is 8.53. The van der Waals surface area contributed by atoms with Crippen molar-refractivity contribution in [3.8, 4) is 6.07 Å². The number of unbranched alkanes of at least 4 members (excludes halogenated alkanes) is 9. The predicted molar refractivity (Wildman–Crippen MR) is 79.0 cm³/mol. The fourth-order valence-corrected chi connectivity index (χ4v) is 2.25. The van der Waals surface area contributed by atoms with E-state index < -0.39 is 0 Å². The number of nitriles is 1. The van der Waals surface area contributed by atoms with Crippen LogP contribution in [0.15, 0.2) is 0 Å². The van der Waals surface area contributed by atoms with E-state index in [-0.39, 0.29) is 6.42 Å². The second-order valence-electron chi connectivity index (χ2n) is 5.32. The Bertz CT molecular complexity index is 380. The lowest BCUT2D eigenvalue weighted by Gasteiger charge is -2.02. The molecule has 0 saturated heterocycles. The molecule has 112 valence electrons. The number of aromatic nitrogens is 4. The zero-order chi connectivity index (χ0) is 14.5. The maximum Gasteiger partial charge on any atom is 0.188 e. The van der Waals surface area contributed by atoms with Gasteiger partial charge in [0.15, 0.2) is 5.82 Å². The zero-order valence-corrected chi connectivity index (χ0v) is 12.7. The summed E-state index contributed by atoms with van der Waals surface area (Å²) in [6, 6.07) is 2.03. The molecular weight excluding hydrogens is 250 g/mol. The molecule has 0 saturated carbocycles. The highest BCUT2D eigenvalue weighted by molar-refractivity contribution is 4.89.